The standard InChI is InChI=1S/3C24H31FN6O4S/c3*1-3-8-36-24-27-22(26-16-10-14(16)13-5-4-12(2)15(25)9-13)19-23(28-24)31(30-29-19)17-11-18(35-7-6-32)21(34)20(17)33/h3*4-5,9,14,16-18,20-21,32-34H,3,6-8,10-11H2,1-2H3,(H,26,27,28)/t3*14-,16+,17+,18-,20-,21+/m000/s1/i6D2,7D2,14D;7D2,14D;6D2,14D. The monoisotopic (exact) mass is 1570 g/mol. The lowest BCUT2D eigenvalue weighted by atomic mass is 10.1. The number of hydrogen-bond donors (Lipinski definition) is 12. The summed E-state index contributed by atoms with van der Waals surface area (Å²) in [7, 11) is 0. The largest absolute Gasteiger partial charge is 0.394 e. The fraction of sp³-hybridized carbons (Fsp3) is 0.583. The molecule has 6 saturated carbocycles. The van der Waals surface area contributed by atoms with Crippen LogP contribution in [0, 0.1) is 38.2 Å². The van der Waals surface area contributed by atoms with Crippen molar-refractivity contribution in [3.8, 4) is 0 Å². The smallest absolute Gasteiger partial charge is 0.191 e. The maximum atomic E-state index is 14.2. The number of rotatable bonds is 30. The minimum atomic E-state index is -3.35. The minimum absolute atomic E-state index is 0.00193. The number of benzene rings is 3. The van der Waals surface area contributed by atoms with Crippen LogP contribution in [-0.2, 0) is 14.2 Å². The van der Waals surface area contributed by atoms with Gasteiger partial charge in [-0.2, -0.15) is 0 Å². The van der Waals surface area contributed by atoms with Gasteiger partial charge in [0, 0.05) is 76.4 Å². The average molecular weight is 1570 g/mol. The Labute approximate surface area is 648 Å². The summed E-state index contributed by atoms with van der Waals surface area (Å²) < 4.78 is 149. The molecule has 0 radical (unpaired) electrons. The topological polar surface area (TPSA) is 415 Å². The molecule has 6 aliphatic rings. The van der Waals surface area contributed by atoms with Gasteiger partial charge in [0.05, 0.1) is 86.9 Å². The predicted molar refractivity (Wildman–Crippen MR) is 398 cm³/mol. The number of aryl methyl sites for hydroxylation is 3. The first-order valence-corrected chi connectivity index (χ1v) is 38.5. The molecule has 6 aliphatic carbocycles. The van der Waals surface area contributed by atoms with Gasteiger partial charge >= 0.3 is 0 Å². The summed E-state index contributed by atoms with van der Waals surface area (Å²) in [6, 6.07) is 10.7. The molecular weight excluding hydrogens is 1460 g/mol. The number of ether oxygens (including phenoxy) is 3. The normalized spacial score (nSPS) is 31.7. The van der Waals surface area contributed by atoms with Crippen molar-refractivity contribution in [2.45, 2.75) is 224 Å². The van der Waals surface area contributed by atoms with Crippen molar-refractivity contribution < 1.29 is 88.4 Å². The predicted octanol–water partition coefficient (Wildman–Crippen LogP) is 6.55. The molecule has 18 atom stereocenters. The summed E-state index contributed by atoms with van der Waals surface area (Å²) in [6.07, 6.45) is -8.14. The summed E-state index contributed by atoms with van der Waals surface area (Å²) in [6.45, 7) is -1.99. The van der Waals surface area contributed by atoms with Gasteiger partial charge in [0.25, 0.3) is 0 Å². The maximum absolute atomic E-state index is 14.2. The number of nitrogens with zero attached hydrogens (tertiary/aromatic N) is 15. The molecule has 108 heavy (non-hydrogen) atoms. The molecule has 3 aromatic carbocycles. The Balaban J connectivity index is 0.000000155. The molecule has 0 spiro atoms. The second kappa shape index (κ2) is 35.1. The van der Waals surface area contributed by atoms with Crippen molar-refractivity contribution in [3.63, 3.8) is 0 Å². The molecule has 36 heteroatoms. The lowest BCUT2D eigenvalue weighted by Crippen LogP contribution is -2.33. The van der Waals surface area contributed by atoms with Gasteiger partial charge in [-0.15, -0.1) is 15.3 Å². The van der Waals surface area contributed by atoms with Crippen molar-refractivity contribution in [2.75, 3.05) is 72.7 Å². The van der Waals surface area contributed by atoms with Gasteiger partial charge in [-0.1, -0.05) is 108 Å². The summed E-state index contributed by atoms with van der Waals surface area (Å²) in [5, 5.41) is 128. The molecule has 15 rings (SSSR count). The van der Waals surface area contributed by atoms with Crippen molar-refractivity contribution in [3.05, 3.63) is 105 Å². The van der Waals surface area contributed by atoms with Gasteiger partial charge in [0.2, 0.25) is 0 Å². The first-order chi connectivity index (χ1) is 56.0. The molecule has 6 heterocycles. The van der Waals surface area contributed by atoms with E-state index in [1.165, 1.54) is 67.5 Å². The highest BCUT2D eigenvalue weighted by molar-refractivity contribution is 7.99. The molecule has 9 aromatic rings. The molecule has 582 valence electrons. The van der Waals surface area contributed by atoms with Crippen LogP contribution in [0.25, 0.3) is 33.5 Å². The fourth-order valence-corrected chi connectivity index (χ4v) is 15.4. The van der Waals surface area contributed by atoms with Gasteiger partial charge in [0.1, 0.15) is 54.1 Å². The Morgan fingerprint density at radius 1 is 0.454 bits per heavy atom. The highest BCUT2D eigenvalue weighted by Crippen LogP contribution is 2.48. The Morgan fingerprint density at radius 3 is 1.07 bits per heavy atom. The Hall–Kier alpha value is -7.14. The lowest BCUT2D eigenvalue weighted by molar-refractivity contribution is -0.0629. The third-order valence-corrected chi connectivity index (χ3v) is 22.6. The minimum Gasteiger partial charge on any atom is -0.394 e. The fourth-order valence-electron chi connectivity index (χ4n) is 13.3. The molecule has 12 N–H and O–H groups in total. The van der Waals surface area contributed by atoms with Crippen LogP contribution < -0.4 is 16.0 Å². The van der Waals surface area contributed by atoms with Gasteiger partial charge < -0.3 is 76.1 Å². The van der Waals surface area contributed by atoms with Crippen LogP contribution in [0.15, 0.2) is 70.1 Å². The Bertz CT molecular complexity index is 5160. The van der Waals surface area contributed by atoms with Crippen LogP contribution in [0.3, 0.4) is 0 Å². The van der Waals surface area contributed by atoms with Crippen molar-refractivity contribution >= 4 is 86.2 Å². The number of aromatic nitrogens is 15. The lowest BCUT2D eigenvalue weighted by Gasteiger charge is -2.17. The molecule has 0 amide bonds. The molecular formula is C72H93F3N18O12S3. The summed E-state index contributed by atoms with van der Waals surface area (Å²) in [4.78, 5) is 27.6. The Kier molecular flexibility index (Phi) is 21.3. The van der Waals surface area contributed by atoms with E-state index in [2.05, 4.69) is 76.8 Å². The Morgan fingerprint density at radius 2 is 0.778 bits per heavy atom. The first-order valence-electron chi connectivity index (χ1n) is 41.0. The van der Waals surface area contributed by atoms with Gasteiger partial charge in [-0.25, -0.2) is 57.1 Å². The molecule has 0 saturated heterocycles. The van der Waals surface area contributed by atoms with E-state index in [1.54, 1.807) is 57.2 Å². The number of aliphatic hydroxyl groups excluding tert-OH is 7. The second-order valence-electron chi connectivity index (χ2n) is 27.1. The van der Waals surface area contributed by atoms with Crippen LogP contribution in [-0.4, -0.2) is 251 Å². The molecule has 6 fully saturated rings. The number of aliphatic hydroxyl groups is 9. The zero-order valence-corrected chi connectivity index (χ0v) is 62.0. The number of nitrogens with one attached hydrogen (secondary N) is 3. The third-order valence-electron chi connectivity index (χ3n) is 19.5. The zero-order valence-electron chi connectivity index (χ0n) is 70.6. The highest BCUT2D eigenvalue weighted by Gasteiger charge is 2.49. The summed E-state index contributed by atoms with van der Waals surface area (Å²) in [5.74, 6) is -1.02. The molecule has 0 bridgehead atoms. The van der Waals surface area contributed by atoms with E-state index < -0.39 is 136 Å². The van der Waals surface area contributed by atoms with E-state index in [0.717, 1.165) is 30.8 Å². The molecule has 0 aliphatic heterocycles. The van der Waals surface area contributed by atoms with Gasteiger partial charge in [0.15, 0.2) is 66.4 Å². The van der Waals surface area contributed by atoms with E-state index in [-0.39, 0.29) is 60.0 Å². The van der Waals surface area contributed by atoms with E-state index >= 15 is 0 Å². The summed E-state index contributed by atoms with van der Waals surface area (Å²) in [5.41, 5.74) is 4.88. The number of halogens is 3. The van der Waals surface area contributed by atoms with E-state index in [9.17, 15) is 59.1 Å². The van der Waals surface area contributed by atoms with E-state index in [1.807, 2.05) is 20.8 Å². The van der Waals surface area contributed by atoms with Crippen molar-refractivity contribution in [1.82, 2.24) is 74.9 Å². The van der Waals surface area contributed by atoms with Crippen LogP contribution in [0.5, 0.6) is 0 Å². The second-order valence-corrected chi connectivity index (χ2v) is 30.3. The number of anilines is 3. The molecule has 0 unspecified atom stereocenters. The number of fused-ring (bicyclic) bond motifs is 3. The van der Waals surface area contributed by atoms with Crippen LogP contribution in [0.1, 0.15) is 163 Å². The maximum Gasteiger partial charge on any atom is 0.191 e. The molecule has 6 aromatic heterocycles. The first kappa shape index (κ1) is 65.6. The average Bonchev–Trinajstić information content (AvgIpc) is 1.58. The van der Waals surface area contributed by atoms with Gasteiger partial charge in [-0.3, -0.25) is 0 Å². The van der Waals surface area contributed by atoms with Crippen molar-refractivity contribution in [1.29, 1.82) is 0 Å². The van der Waals surface area contributed by atoms with E-state index in [4.69, 9.17) is 29.3 Å². The summed E-state index contributed by atoms with van der Waals surface area (Å²) >= 11 is 4.23. The number of hydrogen-bond acceptors (Lipinski definition) is 30. The van der Waals surface area contributed by atoms with Crippen LogP contribution >= 0.6 is 35.3 Å². The van der Waals surface area contributed by atoms with Crippen molar-refractivity contribution in [2.24, 2.45) is 0 Å². The van der Waals surface area contributed by atoms with Crippen LogP contribution in [0.2, 0.25) is 0 Å². The van der Waals surface area contributed by atoms with Crippen LogP contribution in [0.4, 0.5) is 30.6 Å². The molecule has 30 nitrogen and oxygen atoms in total. The third kappa shape index (κ3) is 17.5. The quantitative estimate of drug-likeness (QED) is 0.0168. The SMILES string of the molecule is [2H]C([2H])(CO)O[C@H]1C[C@@H](n2nnc3c(N[C@@H]4C[C@@]4([2H])c4ccc(C)c(F)c4)nc(SCCC)nc32)[C@H](O)[C@@H]1O.[2H]C([2H])(O)C([2H])([2H])O[C@H]1C[C@@H](n2nnc3c(N[C@@H]4C[C@@]4([2H])c4ccc(C)c(F)c4)nc(SCCC)nc32)[C@H](O)[C@@H]1O.[2H]C([2H])(O)CO[C@H]1C[C@@H](n2nnc3c(N[C@@H]4C[C@@]4([2H])c4ccc(C)c(F)c4)nc(SCCC)nc32)[C@H](O)[C@@H]1O. The highest BCUT2D eigenvalue weighted by atomic mass is 32.2. The number of thioether (sulfide) groups is 3. The zero-order chi connectivity index (χ0) is 86.1. The van der Waals surface area contributed by atoms with Gasteiger partial charge in [-0.05, 0) is 111 Å². The van der Waals surface area contributed by atoms with E-state index in [0.29, 0.717) is 114 Å².